The van der Waals surface area contributed by atoms with Crippen molar-refractivity contribution >= 4 is 5.91 Å². The molecule has 0 spiro atoms. The van der Waals surface area contributed by atoms with Crippen molar-refractivity contribution in [1.29, 1.82) is 0 Å². The summed E-state index contributed by atoms with van der Waals surface area (Å²) in [6, 6.07) is 7.94. The molecule has 1 fully saturated rings. The zero-order chi connectivity index (χ0) is 17.6. The second kappa shape index (κ2) is 8.02. The fourth-order valence-electron chi connectivity index (χ4n) is 3.59. The molecular formula is C20H31NO3. The number of nitrogens with one attached hydrogen (secondary N) is 1. The summed E-state index contributed by atoms with van der Waals surface area (Å²) in [5.74, 6) is 0.938. The quantitative estimate of drug-likeness (QED) is 0.804. The Morgan fingerprint density at radius 1 is 1.21 bits per heavy atom. The highest BCUT2D eigenvalue weighted by Crippen LogP contribution is 2.40. The molecule has 2 rings (SSSR count). The molecule has 0 unspecified atom stereocenters. The first-order valence-corrected chi connectivity index (χ1v) is 8.97. The molecule has 2 N–H and O–H groups in total. The van der Waals surface area contributed by atoms with Crippen molar-refractivity contribution in [3.8, 4) is 5.75 Å². The van der Waals surface area contributed by atoms with Gasteiger partial charge in [0.1, 0.15) is 5.75 Å². The third-order valence-corrected chi connectivity index (χ3v) is 5.30. The summed E-state index contributed by atoms with van der Waals surface area (Å²) in [4.78, 5) is 13.1. The maximum Gasteiger partial charge on any atom is 0.230 e. The summed E-state index contributed by atoms with van der Waals surface area (Å²) in [5, 5.41) is 12.3. The van der Waals surface area contributed by atoms with E-state index in [0.29, 0.717) is 13.0 Å². The molecule has 0 heterocycles. The molecular weight excluding hydrogens is 302 g/mol. The number of aliphatic hydroxyl groups excluding tert-OH is 1. The zero-order valence-corrected chi connectivity index (χ0v) is 15.2. The van der Waals surface area contributed by atoms with E-state index >= 15 is 0 Å². The van der Waals surface area contributed by atoms with Gasteiger partial charge in [0.05, 0.1) is 12.5 Å². The van der Waals surface area contributed by atoms with Crippen molar-refractivity contribution in [3.63, 3.8) is 0 Å². The van der Waals surface area contributed by atoms with E-state index in [4.69, 9.17) is 9.84 Å². The maximum absolute atomic E-state index is 13.1. The molecule has 24 heavy (non-hydrogen) atoms. The van der Waals surface area contributed by atoms with E-state index in [1.54, 1.807) is 7.11 Å². The van der Waals surface area contributed by atoms with Gasteiger partial charge in [0.2, 0.25) is 5.91 Å². The Morgan fingerprint density at radius 3 is 2.38 bits per heavy atom. The summed E-state index contributed by atoms with van der Waals surface area (Å²) in [5.41, 5.74) is 0.556. The molecule has 134 valence electrons. The third kappa shape index (κ3) is 4.29. The van der Waals surface area contributed by atoms with E-state index in [0.717, 1.165) is 37.0 Å². The van der Waals surface area contributed by atoms with Crippen LogP contribution >= 0.6 is 0 Å². The summed E-state index contributed by atoms with van der Waals surface area (Å²) in [7, 11) is 1.65. The summed E-state index contributed by atoms with van der Waals surface area (Å²) in [6.45, 7) is 4.88. The van der Waals surface area contributed by atoms with Crippen LogP contribution < -0.4 is 10.1 Å². The topological polar surface area (TPSA) is 58.6 Å². The standard InChI is InChI=1S/C20H31NO3/c1-19(2,13-14-22)15-21-18(23)20(11-5-4-6-12-20)16-7-9-17(24-3)10-8-16/h7-10,22H,4-6,11-15H2,1-3H3,(H,21,23). The molecule has 4 nitrogen and oxygen atoms in total. The molecule has 1 amide bonds. The molecule has 1 aromatic rings. The van der Waals surface area contributed by atoms with Crippen LogP contribution in [0.1, 0.15) is 57.9 Å². The number of benzene rings is 1. The van der Waals surface area contributed by atoms with Gasteiger partial charge in [-0.25, -0.2) is 0 Å². The lowest BCUT2D eigenvalue weighted by atomic mass is 9.68. The molecule has 0 radical (unpaired) electrons. The van der Waals surface area contributed by atoms with Crippen LogP contribution in [0.15, 0.2) is 24.3 Å². The molecule has 1 aliphatic carbocycles. The summed E-state index contributed by atoms with van der Waals surface area (Å²) in [6.07, 6.45) is 5.83. The van der Waals surface area contributed by atoms with Crippen LogP contribution in [0.2, 0.25) is 0 Å². The lowest BCUT2D eigenvalue weighted by Crippen LogP contribution is -2.48. The Kier molecular flexibility index (Phi) is 6.27. The molecule has 0 atom stereocenters. The maximum atomic E-state index is 13.1. The molecule has 4 heteroatoms. The molecule has 0 bridgehead atoms. The minimum absolute atomic E-state index is 0.0970. The number of carbonyl (C=O) groups excluding carboxylic acids is 1. The second-order valence-corrected chi connectivity index (χ2v) is 7.69. The highest BCUT2D eigenvalue weighted by Gasteiger charge is 2.41. The van der Waals surface area contributed by atoms with Crippen LogP contribution in [0.4, 0.5) is 0 Å². The van der Waals surface area contributed by atoms with Crippen molar-refractivity contribution in [2.45, 2.75) is 57.8 Å². The zero-order valence-electron chi connectivity index (χ0n) is 15.2. The number of rotatable bonds is 7. The van der Waals surface area contributed by atoms with E-state index < -0.39 is 5.41 Å². The number of hydrogen-bond donors (Lipinski definition) is 2. The number of ether oxygens (including phenoxy) is 1. The van der Waals surface area contributed by atoms with Gasteiger partial charge in [-0.05, 0) is 42.4 Å². The van der Waals surface area contributed by atoms with Gasteiger partial charge in [-0.2, -0.15) is 0 Å². The highest BCUT2D eigenvalue weighted by atomic mass is 16.5. The van der Waals surface area contributed by atoms with Gasteiger partial charge in [0, 0.05) is 13.2 Å². The van der Waals surface area contributed by atoms with Crippen molar-refractivity contribution in [3.05, 3.63) is 29.8 Å². The number of amides is 1. The van der Waals surface area contributed by atoms with Crippen molar-refractivity contribution in [2.24, 2.45) is 5.41 Å². The Balaban J connectivity index is 2.18. The van der Waals surface area contributed by atoms with Gasteiger partial charge >= 0.3 is 0 Å². The van der Waals surface area contributed by atoms with Crippen LogP contribution in [-0.4, -0.2) is 31.3 Å². The smallest absolute Gasteiger partial charge is 0.230 e. The van der Waals surface area contributed by atoms with Crippen LogP contribution in [0, 0.1) is 5.41 Å². The largest absolute Gasteiger partial charge is 0.497 e. The molecule has 1 aromatic carbocycles. The van der Waals surface area contributed by atoms with Gasteiger partial charge in [-0.15, -0.1) is 0 Å². The molecule has 0 saturated heterocycles. The Bertz CT molecular complexity index is 530. The fraction of sp³-hybridized carbons (Fsp3) is 0.650. The third-order valence-electron chi connectivity index (χ3n) is 5.30. The van der Waals surface area contributed by atoms with Crippen molar-refractivity contribution < 1.29 is 14.6 Å². The summed E-state index contributed by atoms with van der Waals surface area (Å²) < 4.78 is 5.24. The molecule has 0 aliphatic heterocycles. The highest BCUT2D eigenvalue weighted by molar-refractivity contribution is 5.88. The predicted molar refractivity (Wildman–Crippen MR) is 96.3 cm³/mol. The average molecular weight is 333 g/mol. The Labute approximate surface area is 145 Å². The first-order chi connectivity index (χ1) is 11.4. The molecule has 0 aromatic heterocycles. The SMILES string of the molecule is COc1ccc(C2(C(=O)NCC(C)(C)CCO)CCCCC2)cc1. The minimum atomic E-state index is -0.431. The van der Waals surface area contributed by atoms with Crippen LogP contribution in [0.25, 0.3) is 0 Å². The minimum Gasteiger partial charge on any atom is -0.497 e. The van der Waals surface area contributed by atoms with E-state index in [1.807, 2.05) is 24.3 Å². The number of aliphatic hydroxyl groups is 1. The lowest BCUT2D eigenvalue weighted by Gasteiger charge is -2.37. The van der Waals surface area contributed by atoms with Crippen LogP contribution in [-0.2, 0) is 10.2 Å². The van der Waals surface area contributed by atoms with Gasteiger partial charge < -0.3 is 15.2 Å². The molecule has 1 aliphatic rings. The normalized spacial score (nSPS) is 17.3. The van der Waals surface area contributed by atoms with Crippen molar-refractivity contribution in [1.82, 2.24) is 5.32 Å². The van der Waals surface area contributed by atoms with E-state index in [-0.39, 0.29) is 17.9 Å². The van der Waals surface area contributed by atoms with Crippen LogP contribution in [0.3, 0.4) is 0 Å². The Hall–Kier alpha value is -1.55. The molecule has 1 saturated carbocycles. The summed E-state index contributed by atoms with van der Waals surface area (Å²) >= 11 is 0. The van der Waals surface area contributed by atoms with E-state index in [9.17, 15) is 4.79 Å². The van der Waals surface area contributed by atoms with Gasteiger partial charge in [-0.1, -0.05) is 45.2 Å². The van der Waals surface area contributed by atoms with Crippen LogP contribution in [0.5, 0.6) is 5.75 Å². The second-order valence-electron chi connectivity index (χ2n) is 7.69. The van der Waals surface area contributed by atoms with Gasteiger partial charge in [-0.3, -0.25) is 4.79 Å². The first-order valence-electron chi connectivity index (χ1n) is 8.97. The van der Waals surface area contributed by atoms with E-state index in [1.165, 1.54) is 6.42 Å². The predicted octanol–water partition coefficient (Wildman–Crippen LogP) is 3.42. The van der Waals surface area contributed by atoms with Crippen molar-refractivity contribution in [2.75, 3.05) is 20.3 Å². The van der Waals surface area contributed by atoms with Gasteiger partial charge in [0.15, 0.2) is 0 Å². The monoisotopic (exact) mass is 333 g/mol. The Morgan fingerprint density at radius 2 is 1.83 bits per heavy atom. The average Bonchev–Trinajstić information content (AvgIpc) is 2.60. The first kappa shape index (κ1) is 18.8. The fourth-order valence-corrected chi connectivity index (χ4v) is 3.59. The van der Waals surface area contributed by atoms with E-state index in [2.05, 4.69) is 19.2 Å². The van der Waals surface area contributed by atoms with Gasteiger partial charge in [0.25, 0.3) is 0 Å². The number of hydrogen-bond acceptors (Lipinski definition) is 3. The lowest BCUT2D eigenvalue weighted by molar-refractivity contribution is -0.128. The number of methoxy groups -OCH3 is 1. The number of carbonyl (C=O) groups is 1.